The Morgan fingerprint density at radius 2 is 0.454 bits per heavy atom. The van der Waals surface area contributed by atoms with Crippen LogP contribution >= 0.6 is 0 Å². The number of hydrogen-bond acceptors (Lipinski definition) is 3. The molecule has 30 rings (SSSR count). The van der Waals surface area contributed by atoms with Crippen molar-refractivity contribution in [2.45, 2.75) is 0 Å². The largest absolute Gasteiger partial charge is 0.456 e. The smallest absolute Gasteiger partial charge is 0.136 e. The first-order valence-corrected chi connectivity index (χ1v) is 42.8. The van der Waals surface area contributed by atoms with Crippen LogP contribution in [0.25, 0.3) is 295 Å². The molecule has 0 aliphatic carbocycles. The summed E-state index contributed by atoms with van der Waals surface area (Å²) in [6, 6.07) is -35.9. The maximum absolute atomic E-state index is 9.58. The lowest BCUT2D eigenvalue weighted by molar-refractivity contribution is 0.669. The zero-order valence-corrected chi connectivity index (χ0v) is 71.2. The summed E-state index contributed by atoms with van der Waals surface area (Å²) in [4.78, 5) is 0. The molecule has 0 spiro atoms. The van der Waals surface area contributed by atoms with Gasteiger partial charge in [-0.25, -0.2) is 0 Å². The maximum atomic E-state index is 9.58. The van der Waals surface area contributed by atoms with Crippen molar-refractivity contribution in [3.05, 3.63) is 508 Å². The first-order chi connectivity index (χ1) is 99.5. The third kappa shape index (κ3) is 13.6. The lowest BCUT2D eigenvalue weighted by atomic mass is 9.84. The summed E-state index contributed by atoms with van der Waals surface area (Å²) in [7, 11) is 0. The Morgan fingerprint density at radius 3 is 0.908 bits per heavy atom. The van der Waals surface area contributed by atoms with E-state index in [1.165, 1.54) is 0 Å². The van der Waals surface area contributed by atoms with Crippen LogP contribution in [0.5, 0.6) is 0 Å². The van der Waals surface area contributed by atoms with Crippen LogP contribution in [-0.2, 0) is 0 Å². The number of rotatable bonds is 9. The average molecular weight is 1860 g/mol. The monoisotopic (exact) mass is 1860 g/mol. The fourth-order valence-electron chi connectivity index (χ4n) is 18.1. The van der Waals surface area contributed by atoms with E-state index in [-0.39, 0.29) is 54.2 Å². The highest BCUT2D eigenvalue weighted by Gasteiger charge is 2.25. The van der Waals surface area contributed by atoms with E-state index in [1.807, 2.05) is 48.5 Å². The molecule has 27 aromatic carbocycles. The van der Waals surface area contributed by atoms with Gasteiger partial charge in [0.05, 0.1) is 97.3 Å². The zero-order chi connectivity index (χ0) is 154. The summed E-state index contributed by atoms with van der Waals surface area (Å²) in [6.07, 6.45) is 0. The Labute approximate surface area is 911 Å². The summed E-state index contributed by atoms with van der Waals surface area (Å²) >= 11 is 0. The highest BCUT2D eigenvalue weighted by Crippen LogP contribution is 2.51. The van der Waals surface area contributed by atoms with Gasteiger partial charge < -0.3 is 13.3 Å². The molecule has 3 heterocycles. The molecule has 654 valence electrons. The van der Waals surface area contributed by atoms with Crippen molar-refractivity contribution < 1.29 is 111 Å². The standard InChI is InChI=1S/3C46H28O/c1-3-13-34-30(10-1)12-9-19-36(34)45-39-17-7-5-15-37(39)44(38-16-6-8-18-40(38)45)32-22-20-29(21-23-32)33-24-26-41-43(28-33)47-42-27-25-31-11-2-4-14-35(31)46(41)42;2*1-2-11-33-27-35(22-19-29(33)9-1)45-39-15-7-5-13-37(39)44(38-14-6-8-16-40(38)45)32-20-17-30(18-21-32)34-23-25-41-43(28-34)47-42-26-24-31-10-3-4-12-36(31)46(41)42/h3*1-28H/i2*1D,2D,3D,4D,5D,6D,7D,8D,9D,10D,11D,12D,13D,14D,15D,16D,17D,18D,19D,20D,21D,22D,23D,24D,25D,26D,27D,28D;1D,2D,5D,6D,7D,8D,9D,11D,13D,14D,15D,16D,19D,22D,27D. The van der Waals surface area contributed by atoms with Crippen molar-refractivity contribution in [1.29, 1.82) is 0 Å². The van der Waals surface area contributed by atoms with Crippen molar-refractivity contribution in [2.24, 2.45) is 0 Å². The normalized spacial score (nSPS) is 18.9. The lowest BCUT2D eigenvalue weighted by Gasteiger charge is -2.19. The minimum absolute atomic E-state index is 0.0378. The van der Waals surface area contributed by atoms with Crippen LogP contribution in [0.1, 0.15) is 97.3 Å². The summed E-state index contributed by atoms with van der Waals surface area (Å²) in [5, 5.41) is -9.10. The van der Waals surface area contributed by atoms with Gasteiger partial charge in [-0.3, -0.25) is 0 Å². The first kappa shape index (κ1) is 37.2. The fraction of sp³-hybridized carbons (Fsp3) is 0. The molecule has 141 heavy (non-hydrogen) atoms. The number of hydrogen-bond donors (Lipinski definition) is 0. The van der Waals surface area contributed by atoms with E-state index in [0.717, 1.165) is 38.3 Å². The molecule has 0 bridgehead atoms. The van der Waals surface area contributed by atoms with Gasteiger partial charge in [-0.15, -0.1) is 0 Å². The average Bonchev–Trinajstić information content (AvgIpc) is 0.793. The zero-order valence-electron chi connectivity index (χ0n) is 142. The Balaban J connectivity index is 0.000000140. The molecule has 0 saturated carbocycles. The van der Waals surface area contributed by atoms with Crippen molar-refractivity contribution in [2.75, 3.05) is 0 Å². The van der Waals surface area contributed by atoms with Crippen LogP contribution in [0.2, 0.25) is 0 Å². The van der Waals surface area contributed by atoms with Gasteiger partial charge in [-0.05, 0) is 296 Å². The van der Waals surface area contributed by atoms with Crippen molar-refractivity contribution in [3.8, 4) is 100 Å². The number of furan rings is 3. The first-order valence-electron chi connectivity index (χ1n) is 78.3. The van der Waals surface area contributed by atoms with E-state index in [2.05, 4.69) is 6.07 Å². The van der Waals surface area contributed by atoms with Crippen LogP contribution in [0.15, 0.2) is 521 Å². The van der Waals surface area contributed by atoms with E-state index in [4.69, 9.17) is 68.1 Å². The number of benzene rings is 27. The Morgan fingerprint density at radius 1 is 0.135 bits per heavy atom. The molecule has 0 unspecified atom stereocenters. The van der Waals surface area contributed by atoms with E-state index in [1.54, 1.807) is 24.3 Å². The van der Waals surface area contributed by atoms with E-state index in [9.17, 15) is 42.5 Å². The molecule has 0 radical (unpaired) electrons. The quantitative estimate of drug-likeness (QED) is 0.135. The van der Waals surface area contributed by atoms with Crippen molar-refractivity contribution in [1.82, 2.24) is 0 Å². The van der Waals surface area contributed by atoms with Gasteiger partial charge >= 0.3 is 0 Å². The summed E-state index contributed by atoms with van der Waals surface area (Å²) in [5.41, 5.74) is -9.12. The Bertz CT molecular complexity index is 14800. The van der Waals surface area contributed by atoms with Crippen LogP contribution < -0.4 is 0 Å². The summed E-state index contributed by atoms with van der Waals surface area (Å²) < 4.78 is 654. The van der Waals surface area contributed by atoms with Crippen molar-refractivity contribution >= 4 is 195 Å². The van der Waals surface area contributed by atoms with E-state index in [0.29, 0.717) is 11.1 Å². The van der Waals surface area contributed by atoms with E-state index >= 15 is 0 Å². The topological polar surface area (TPSA) is 39.4 Å². The van der Waals surface area contributed by atoms with Crippen LogP contribution in [0.4, 0.5) is 0 Å². The molecule has 0 saturated heterocycles. The maximum Gasteiger partial charge on any atom is 0.136 e. The summed E-state index contributed by atoms with van der Waals surface area (Å²) in [6.45, 7) is 0. The SMILES string of the molecule is [2H]c1c([2H])c(-c2c3c([2H])c([2H])c([2H])c([2H])c3c(-c3c([2H])c([2H])c([2H])c4c([2H])c([2H])c([2H])c([2H])c34)c3c([2H])c([2H])c([2H])c([2H])c23)c([2H])c([2H])c1-c1c([2H])c([2H])c2c(oc3c([2H])c([2H])c4c([2H])c([2H])c([2H])c([2H])c4c32)c1[2H].[2H]c1c([2H])c(-c2c3c([2H])c([2H])c([2H])c([2H])c3c(-c3c([2H])c([2H])c4c([2H])c([2H])c([2H])c([2H])c4c3[2H])c3c([2H])c([2H])c([2H])c([2H])c23)c([2H])c([2H])c1-c1c([2H])c([2H])c2c(oc3c([2H])c([2H])c4c([2H])c([2H])c([2H])c([2H])c4c32)c1[2H].[2H]c1c([2H])c([2H])c2c([2H])c(-c3c4c([2H])c([2H])c([2H])c([2H])c4c(-c4ccc(-c5ccc6c(c5)oc5ccc7ccccc7c56)cc4)c4c([2H])c([2H])c([2H])c([2H])c34)c([2H])c([2H])c2c1[2H]. The highest BCUT2D eigenvalue weighted by molar-refractivity contribution is 6.28. The predicted octanol–water partition coefficient (Wildman–Crippen LogP) is 39.6. The van der Waals surface area contributed by atoms with Gasteiger partial charge in [-0.1, -0.05) is 441 Å². The van der Waals surface area contributed by atoms with Gasteiger partial charge in [0.15, 0.2) is 0 Å². The fourth-order valence-corrected chi connectivity index (χ4v) is 18.1. The summed E-state index contributed by atoms with van der Waals surface area (Å²) in [5.74, 6) is 0. The Hall–Kier alpha value is -18.5. The molecule has 3 nitrogen and oxygen atoms in total. The molecule has 3 aromatic heterocycles. The molecule has 0 fully saturated rings. The van der Waals surface area contributed by atoms with Crippen LogP contribution in [-0.4, -0.2) is 0 Å². The molecule has 30 aromatic rings. The minimum Gasteiger partial charge on any atom is -0.456 e. The Kier molecular flexibility index (Phi) is 8.75. The van der Waals surface area contributed by atoms with Gasteiger partial charge in [-0.2, -0.15) is 0 Å². The predicted molar refractivity (Wildman–Crippen MR) is 600 cm³/mol. The van der Waals surface area contributed by atoms with Gasteiger partial charge in [0, 0.05) is 32.3 Å². The minimum atomic E-state index is -1.10. The molecule has 0 aliphatic rings. The molecule has 0 N–H and O–H groups in total. The van der Waals surface area contributed by atoms with Crippen LogP contribution in [0, 0.1) is 0 Å². The van der Waals surface area contributed by atoms with Crippen LogP contribution in [0.3, 0.4) is 0 Å². The third-order valence-corrected chi connectivity index (χ3v) is 24.2. The molecule has 0 amide bonds. The molecule has 3 heteroatoms. The second kappa shape index (κ2) is 33.2. The number of fused-ring (bicyclic) bond motifs is 24. The second-order valence-electron chi connectivity index (χ2n) is 31.8. The third-order valence-electron chi connectivity index (χ3n) is 24.2. The van der Waals surface area contributed by atoms with E-state index < -0.39 is 621 Å². The van der Waals surface area contributed by atoms with Crippen molar-refractivity contribution in [3.63, 3.8) is 0 Å². The molecular formula is C138H84O3. The molecule has 0 aliphatic heterocycles. The highest BCUT2D eigenvalue weighted by atomic mass is 16.3. The van der Waals surface area contributed by atoms with Gasteiger partial charge in [0.25, 0.3) is 0 Å². The van der Waals surface area contributed by atoms with Gasteiger partial charge in [0.1, 0.15) is 33.5 Å². The lowest BCUT2D eigenvalue weighted by Crippen LogP contribution is -1.91. The van der Waals surface area contributed by atoms with Gasteiger partial charge in [0.2, 0.25) is 0 Å². The second-order valence-corrected chi connectivity index (χ2v) is 31.8. The molecular weight excluding hydrogens is 1710 g/mol. The molecule has 0 atom stereocenters.